The number of carbonyl (C=O) groups excluding carboxylic acids is 1. The summed E-state index contributed by atoms with van der Waals surface area (Å²) in [7, 11) is 0. The van der Waals surface area contributed by atoms with E-state index in [0.717, 1.165) is 19.4 Å². The Hall–Kier alpha value is -0.570. The fourth-order valence-corrected chi connectivity index (χ4v) is 1.88. The van der Waals surface area contributed by atoms with Crippen LogP contribution in [0.15, 0.2) is 0 Å². The molecule has 0 aromatic carbocycles. The van der Waals surface area contributed by atoms with Gasteiger partial charge in [-0.25, -0.2) is 0 Å². The predicted molar refractivity (Wildman–Crippen MR) is 62.7 cm³/mol. The fraction of sp³-hybridized carbons (Fsp3) is 0.917. The number of rotatable bonds is 2. The van der Waals surface area contributed by atoms with Gasteiger partial charge in [0.15, 0.2) is 0 Å². The van der Waals surface area contributed by atoms with Gasteiger partial charge in [-0.05, 0) is 25.2 Å². The van der Waals surface area contributed by atoms with Gasteiger partial charge < -0.3 is 10.6 Å². The Kier molecular flexibility index (Phi) is 4.14. The molecule has 1 aliphatic heterocycles. The molecule has 0 bridgehead atoms. The summed E-state index contributed by atoms with van der Waals surface area (Å²) in [5, 5.41) is 6.48. The third-order valence-electron chi connectivity index (χ3n) is 2.72. The average molecular weight is 212 g/mol. The highest BCUT2D eigenvalue weighted by Gasteiger charge is 2.21. The molecule has 0 aromatic rings. The zero-order chi connectivity index (χ0) is 11.5. The molecule has 15 heavy (non-hydrogen) atoms. The Morgan fingerprint density at radius 1 is 1.40 bits per heavy atom. The van der Waals surface area contributed by atoms with Gasteiger partial charge in [0.05, 0.1) is 0 Å². The lowest BCUT2D eigenvalue weighted by molar-refractivity contribution is -0.123. The van der Waals surface area contributed by atoms with Crippen LogP contribution >= 0.6 is 0 Å². The summed E-state index contributed by atoms with van der Waals surface area (Å²) in [5.74, 6) is 0.184. The summed E-state index contributed by atoms with van der Waals surface area (Å²) < 4.78 is 0. The van der Waals surface area contributed by atoms with Gasteiger partial charge in [0.2, 0.25) is 5.91 Å². The number of amides is 1. The van der Waals surface area contributed by atoms with E-state index in [1.54, 1.807) is 0 Å². The molecule has 3 heteroatoms. The maximum atomic E-state index is 11.7. The van der Waals surface area contributed by atoms with E-state index >= 15 is 0 Å². The topological polar surface area (TPSA) is 41.1 Å². The van der Waals surface area contributed by atoms with Crippen LogP contribution in [0.1, 0.15) is 47.0 Å². The fourth-order valence-electron chi connectivity index (χ4n) is 1.88. The van der Waals surface area contributed by atoms with Crippen molar-refractivity contribution in [2.75, 3.05) is 6.54 Å². The van der Waals surface area contributed by atoms with E-state index in [0.29, 0.717) is 18.5 Å². The predicted octanol–water partition coefficient (Wildman–Crippen LogP) is 1.68. The van der Waals surface area contributed by atoms with E-state index < -0.39 is 0 Å². The van der Waals surface area contributed by atoms with Gasteiger partial charge in [-0.2, -0.15) is 0 Å². The van der Waals surface area contributed by atoms with Crippen molar-refractivity contribution >= 4 is 5.91 Å². The molecule has 1 fully saturated rings. The summed E-state index contributed by atoms with van der Waals surface area (Å²) >= 11 is 0. The minimum atomic E-state index is 0.0828. The van der Waals surface area contributed by atoms with E-state index in [9.17, 15) is 4.79 Å². The van der Waals surface area contributed by atoms with Gasteiger partial charge in [-0.15, -0.1) is 0 Å². The monoisotopic (exact) mass is 212 g/mol. The van der Waals surface area contributed by atoms with Crippen molar-refractivity contribution in [3.05, 3.63) is 0 Å². The molecular weight excluding hydrogens is 188 g/mol. The second-order valence-corrected chi connectivity index (χ2v) is 5.89. The SMILES string of the molecule is CC1CCC(NC(=O)CC(C)(C)C)CN1. The maximum absolute atomic E-state index is 11.7. The zero-order valence-electron chi connectivity index (χ0n) is 10.4. The molecular formula is C12H24N2O. The van der Waals surface area contributed by atoms with E-state index in [2.05, 4.69) is 38.3 Å². The van der Waals surface area contributed by atoms with Crippen LogP contribution in [0.3, 0.4) is 0 Å². The largest absolute Gasteiger partial charge is 0.352 e. The van der Waals surface area contributed by atoms with Gasteiger partial charge >= 0.3 is 0 Å². The number of carbonyl (C=O) groups is 1. The molecule has 2 atom stereocenters. The first-order valence-corrected chi connectivity index (χ1v) is 5.89. The zero-order valence-corrected chi connectivity index (χ0v) is 10.4. The van der Waals surface area contributed by atoms with Crippen molar-refractivity contribution in [1.29, 1.82) is 0 Å². The summed E-state index contributed by atoms with van der Waals surface area (Å²) in [4.78, 5) is 11.7. The first-order valence-electron chi connectivity index (χ1n) is 5.89. The lowest BCUT2D eigenvalue weighted by Gasteiger charge is -2.29. The Morgan fingerprint density at radius 3 is 2.53 bits per heavy atom. The number of piperidine rings is 1. The number of hydrogen-bond acceptors (Lipinski definition) is 2. The van der Waals surface area contributed by atoms with Crippen LogP contribution in [-0.4, -0.2) is 24.5 Å². The van der Waals surface area contributed by atoms with Crippen LogP contribution in [-0.2, 0) is 4.79 Å². The Balaban J connectivity index is 2.27. The van der Waals surface area contributed by atoms with Crippen LogP contribution in [0, 0.1) is 5.41 Å². The normalized spacial score (nSPS) is 27.5. The molecule has 0 aromatic heterocycles. The average Bonchev–Trinajstić information content (AvgIpc) is 2.05. The Labute approximate surface area is 93.0 Å². The minimum absolute atomic E-state index is 0.0828. The molecule has 0 radical (unpaired) electrons. The van der Waals surface area contributed by atoms with Crippen molar-refractivity contribution < 1.29 is 4.79 Å². The highest BCUT2D eigenvalue weighted by atomic mass is 16.1. The van der Waals surface area contributed by atoms with Crippen molar-refractivity contribution in [3.63, 3.8) is 0 Å². The Bertz CT molecular complexity index is 212. The number of hydrogen-bond donors (Lipinski definition) is 2. The molecule has 0 spiro atoms. The number of nitrogens with one attached hydrogen (secondary N) is 2. The van der Waals surface area contributed by atoms with Crippen LogP contribution in [0.25, 0.3) is 0 Å². The van der Waals surface area contributed by atoms with Crippen molar-refractivity contribution in [1.82, 2.24) is 10.6 Å². The van der Waals surface area contributed by atoms with Gasteiger partial charge in [-0.3, -0.25) is 4.79 Å². The van der Waals surface area contributed by atoms with E-state index in [1.807, 2.05) is 0 Å². The molecule has 1 rings (SSSR count). The van der Waals surface area contributed by atoms with Gasteiger partial charge in [0, 0.05) is 25.0 Å². The second-order valence-electron chi connectivity index (χ2n) is 5.89. The van der Waals surface area contributed by atoms with Gasteiger partial charge in [0.25, 0.3) is 0 Å². The maximum Gasteiger partial charge on any atom is 0.220 e. The van der Waals surface area contributed by atoms with Crippen molar-refractivity contribution in [2.45, 2.75) is 59.0 Å². The lowest BCUT2D eigenvalue weighted by atomic mass is 9.91. The third kappa shape index (κ3) is 5.17. The molecule has 2 unspecified atom stereocenters. The molecule has 0 saturated carbocycles. The van der Waals surface area contributed by atoms with E-state index in [1.165, 1.54) is 0 Å². The first kappa shape index (κ1) is 12.5. The van der Waals surface area contributed by atoms with Gasteiger partial charge in [-0.1, -0.05) is 20.8 Å². The molecule has 3 nitrogen and oxygen atoms in total. The van der Waals surface area contributed by atoms with Crippen LogP contribution < -0.4 is 10.6 Å². The molecule has 1 aliphatic rings. The molecule has 88 valence electrons. The highest BCUT2D eigenvalue weighted by molar-refractivity contribution is 5.76. The minimum Gasteiger partial charge on any atom is -0.352 e. The summed E-state index contributed by atoms with van der Waals surface area (Å²) in [6.45, 7) is 9.37. The molecule has 0 aliphatic carbocycles. The summed E-state index contributed by atoms with van der Waals surface area (Å²) in [5.41, 5.74) is 0.0828. The molecule has 1 heterocycles. The quantitative estimate of drug-likeness (QED) is 0.731. The van der Waals surface area contributed by atoms with Crippen LogP contribution in [0.2, 0.25) is 0 Å². The summed E-state index contributed by atoms with van der Waals surface area (Å²) in [6.07, 6.45) is 2.86. The molecule has 2 N–H and O–H groups in total. The second kappa shape index (κ2) is 4.97. The lowest BCUT2D eigenvalue weighted by Crippen LogP contribution is -2.49. The molecule has 1 saturated heterocycles. The highest BCUT2D eigenvalue weighted by Crippen LogP contribution is 2.18. The smallest absolute Gasteiger partial charge is 0.220 e. The summed E-state index contributed by atoms with van der Waals surface area (Å²) in [6, 6.07) is 0.928. The van der Waals surface area contributed by atoms with E-state index in [4.69, 9.17) is 0 Å². The van der Waals surface area contributed by atoms with Crippen LogP contribution in [0.5, 0.6) is 0 Å². The third-order valence-corrected chi connectivity index (χ3v) is 2.72. The van der Waals surface area contributed by atoms with Crippen molar-refractivity contribution in [3.8, 4) is 0 Å². The molecule has 1 amide bonds. The Morgan fingerprint density at radius 2 is 2.07 bits per heavy atom. The van der Waals surface area contributed by atoms with E-state index in [-0.39, 0.29) is 11.3 Å². The first-order chi connectivity index (χ1) is 6.87. The van der Waals surface area contributed by atoms with Crippen LogP contribution in [0.4, 0.5) is 0 Å². The van der Waals surface area contributed by atoms with Gasteiger partial charge in [0.1, 0.15) is 0 Å². The standard InChI is InChI=1S/C12H24N2O/c1-9-5-6-10(8-13-9)14-11(15)7-12(2,3)4/h9-10,13H,5-8H2,1-4H3,(H,14,15). The van der Waals surface area contributed by atoms with Crippen molar-refractivity contribution in [2.24, 2.45) is 5.41 Å².